The summed E-state index contributed by atoms with van der Waals surface area (Å²) >= 11 is 17.4. The van der Waals surface area contributed by atoms with E-state index in [1.54, 1.807) is 0 Å². The topological polar surface area (TPSA) is 329 Å². The van der Waals surface area contributed by atoms with E-state index < -0.39 is 0 Å². The van der Waals surface area contributed by atoms with Crippen molar-refractivity contribution >= 4 is 185 Å². The maximum absolute atomic E-state index is 6.52. The van der Waals surface area contributed by atoms with Crippen LogP contribution >= 0.6 is 116 Å². The monoisotopic (exact) mass is 2320 g/mol. The van der Waals surface area contributed by atoms with Gasteiger partial charge in [-0.3, -0.25) is 26.4 Å². The molecule has 708 valence electrons. The van der Waals surface area contributed by atoms with Crippen molar-refractivity contribution in [2.45, 2.75) is 231 Å². The van der Waals surface area contributed by atoms with Gasteiger partial charge in [-0.25, -0.2) is 59.8 Å². The van der Waals surface area contributed by atoms with Gasteiger partial charge in [-0.15, -0.1) is 0 Å². The molecule has 6 aliphatic carbocycles. The van der Waals surface area contributed by atoms with Crippen molar-refractivity contribution in [2.24, 2.45) is 79.1 Å². The highest BCUT2D eigenvalue weighted by Crippen LogP contribution is 2.54. The van der Waals surface area contributed by atoms with Gasteiger partial charge < -0.3 is 63.0 Å². The van der Waals surface area contributed by atoms with E-state index >= 15 is 0 Å². The lowest BCUT2D eigenvalue weighted by atomic mass is 9.73. The van der Waals surface area contributed by atoms with Crippen LogP contribution in [0, 0.1) is 66.9 Å². The van der Waals surface area contributed by atoms with Crippen molar-refractivity contribution in [1.29, 1.82) is 0 Å². The SMILES string of the molecule is CC1CCC2(CCN(c3ncc(Br)c4nccn34)CC2)[C@@H]1N.CC1CCC2(CCN(c3ncc(I)c4nccn34)CC2)[C@@H]1N.CC1C[C@@H](N)C2(CCN(c3ncc(Br)c4nccn34)CC2)C1.CC1C[C@@H](N)C2(CCN(c3ncc(I)c4nccn34)CC2)C1.CN[C@@H]1CCCC12CCN(c1ncc(Br)c3nccn13)CC2.CN[C@@H]1CCCC12CCN(c1ncc(I)c3nccn13)CC2. The number of hydrogen-bond donors (Lipinski definition) is 6. The smallest absolute Gasteiger partial charge is 0.211 e. The fraction of sp³-hybridized carbons (Fsp3) is 0.625. The van der Waals surface area contributed by atoms with E-state index in [2.05, 4.69) is 284 Å². The molecule has 4 unspecified atom stereocenters. The number of imidazole rings is 6. The minimum Gasteiger partial charge on any atom is -0.342 e. The molecule has 132 heavy (non-hydrogen) atoms. The van der Waals surface area contributed by atoms with E-state index in [1.165, 1.54) is 167 Å². The second-order valence-electron chi connectivity index (χ2n) is 41.1. The maximum atomic E-state index is 6.52. The predicted molar refractivity (Wildman–Crippen MR) is 561 cm³/mol. The van der Waals surface area contributed by atoms with Crippen molar-refractivity contribution in [3.63, 3.8) is 0 Å². The zero-order valence-electron chi connectivity index (χ0n) is 77.3. The number of nitrogens with zero attached hydrogens (tertiary/aromatic N) is 24. The Hall–Kier alpha value is -6.09. The maximum Gasteiger partial charge on any atom is 0.211 e. The van der Waals surface area contributed by atoms with Crippen molar-refractivity contribution in [3.05, 3.63) is 136 Å². The molecule has 30 nitrogen and oxygen atoms in total. The molecular formula is C96H132Br3I3N30. The second kappa shape index (κ2) is 39.7. The Morgan fingerprint density at radius 1 is 0.303 bits per heavy atom. The Balaban J connectivity index is 0.000000102. The molecule has 6 saturated carbocycles. The zero-order valence-corrected chi connectivity index (χ0v) is 88.6. The van der Waals surface area contributed by atoms with Crippen molar-refractivity contribution < 1.29 is 0 Å². The highest BCUT2D eigenvalue weighted by molar-refractivity contribution is 14.1. The summed E-state index contributed by atoms with van der Waals surface area (Å²) in [5.74, 6) is 8.96. The molecule has 6 spiro atoms. The molecule has 6 saturated heterocycles. The zero-order chi connectivity index (χ0) is 91.6. The first-order valence-corrected chi connectivity index (χ1v) is 54.2. The minimum atomic E-state index is 0.360. The fourth-order valence-corrected chi connectivity index (χ4v) is 29.2. The standard InChI is InChI=1S/3C16H22BrN5.3C16H22IN5/c1-11-8-13(18)16(9-11)2-5-21(6-3-16)15-20-10-12(17)14-19-4-7-22(14)15;1-11-2-3-16(13(11)18)4-7-21(8-5-16)15-20-10-12(17)14-19-6-9-22(14)15;1-18-13-3-2-4-16(13)5-8-21(9-6-16)15-20-11-12(17)14-19-7-10-22(14)15;1-11-8-13(18)16(9-11)2-5-21(6-3-16)15-20-10-12(17)14-19-4-7-22(14)15;1-11-2-3-16(13(11)18)4-7-21(8-5-16)15-20-10-12(17)14-19-6-9-22(14)15;1-18-13-3-2-4-16(13)5-8-21(9-6-16)15-20-11-12(17)14-19-7-10-22(14)15/h4,7,10-11,13H,2-3,5-6,8-9,18H2,1H3;6,9-11,13H,2-5,7-8,18H2,1H3;7,10-11,13,18H,2-6,8-9H2,1H3;4,7,10-11,13H,2-3,5-6,8-9,18H2,1H3;6,9-11,13H,2-5,7-8,18H2,1H3;7,10-11,13,18H,2-6,8-9H2,1H3/t2*11?,13-;13-;2*11?,13-;13-/m111111/s1. The highest BCUT2D eigenvalue weighted by Gasteiger charge is 2.52. The van der Waals surface area contributed by atoms with Gasteiger partial charge in [0.2, 0.25) is 35.7 Å². The van der Waals surface area contributed by atoms with Crippen molar-refractivity contribution in [1.82, 2.24) is 96.8 Å². The third-order valence-corrected chi connectivity index (χ3v) is 38.1. The lowest BCUT2D eigenvalue weighted by molar-refractivity contribution is 0.177. The molecule has 10 N–H and O–H groups in total. The lowest BCUT2D eigenvalue weighted by Gasteiger charge is -2.43. The first-order valence-electron chi connectivity index (χ1n) is 48.6. The van der Waals surface area contributed by atoms with Crippen LogP contribution in [0.25, 0.3) is 33.9 Å². The van der Waals surface area contributed by atoms with Gasteiger partial charge in [0.15, 0.2) is 33.9 Å². The summed E-state index contributed by atoms with van der Waals surface area (Å²) in [5, 5.41) is 7.12. The van der Waals surface area contributed by atoms with Gasteiger partial charge in [0.05, 0.1) is 24.1 Å². The molecule has 12 aromatic heterocycles. The van der Waals surface area contributed by atoms with Crippen LogP contribution in [0.1, 0.15) is 195 Å². The number of piperidine rings is 6. The Bertz CT molecular complexity index is 5150. The Labute approximate surface area is 841 Å². The Morgan fingerprint density at radius 3 is 0.773 bits per heavy atom. The number of anilines is 6. The number of rotatable bonds is 8. The van der Waals surface area contributed by atoms with Gasteiger partial charge in [0.25, 0.3) is 0 Å². The third kappa shape index (κ3) is 18.3. The number of hydrogen-bond acceptors (Lipinski definition) is 24. The Kier molecular flexibility index (Phi) is 28.5. The van der Waals surface area contributed by atoms with E-state index in [4.69, 9.17) is 22.9 Å². The van der Waals surface area contributed by atoms with Crippen LogP contribution in [-0.2, 0) is 0 Å². The van der Waals surface area contributed by atoms with Crippen LogP contribution in [0.15, 0.2) is 125 Å². The molecule has 10 atom stereocenters. The summed E-state index contributed by atoms with van der Waals surface area (Å²) in [4.78, 5) is 68.8. The fourth-order valence-electron chi connectivity index (χ4n) is 26.4. The number of nitrogens with one attached hydrogen (secondary N) is 2. The van der Waals surface area contributed by atoms with Crippen LogP contribution in [0.3, 0.4) is 0 Å². The highest BCUT2D eigenvalue weighted by atomic mass is 127. The predicted octanol–water partition coefficient (Wildman–Crippen LogP) is 16.6. The van der Waals surface area contributed by atoms with E-state index in [9.17, 15) is 0 Å². The summed E-state index contributed by atoms with van der Waals surface area (Å²) < 4.78 is 18.7. The van der Waals surface area contributed by atoms with Gasteiger partial charge in [-0.2, -0.15) is 0 Å². The summed E-state index contributed by atoms with van der Waals surface area (Å²) in [6, 6.07) is 2.88. The number of aromatic nitrogens is 18. The third-order valence-electron chi connectivity index (χ3n) is 34.2. The minimum absolute atomic E-state index is 0.360. The molecule has 12 fully saturated rings. The molecule has 0 amide bonds. The summed E-state index contributed by atoms with van der Waals surface area (Å²) in [5.41, 5.74) is 34.2. The van der Waals surface area contributed by atoms with Crippen molar-refractivity contribution in [3.8, 4) is 0 Å². The molecule has 0 bridgehead atoms. The van der Waals surface area contributed by atoms with Gasteiger partial charge in [-0.1, -0.05) is 40.5 Å². The van der Waals surface area contributed by atoms with Gasteiger partial charge in [0, 0.05) is 226 Å². The molecule has 18 heterocycles. The largest absolute Gasteiger partial charge is 0.342 e. The van der Waals surface area contributed by atoms with Crippen LogP contribution < -0.4 is 63.0 Å². The number of fused-ring (bicyclic) bond motifs is 6. The van der Waals surface area contributed by atoms with Crippen LogP contribution in [0.4, 0.5) is 35.7 Å². The molecule has 6 aliphatic heterocycles. The van der Waals surface area contributed by atoms with Gasteiger partial charge in [0.1, 0.15) is 0 Å². The summed E-state index contributed by atoms with van der Waals surface area (Å²) in [6.07, 6.45) is 67.2. The molecule has 24 rings (SSSR count). The average molecular weight is 2330 g/mol. The molecule has 12 aromatic rings. The van der Waals surface area contributed by atoms with Gasteiger partial charge >= 0.3 is 0 Å². The van der Waals surface area contributed by atoms with Crippen LogP contribution in [0.5, 0.6) is 0 Å². The molecule has 12 aliphatic rings. The second-order valence-corrected chi connectivity index (χ2v) is 47.2. The van der Waals surface area contributed by atoms with E-state index in [0.29, 0.717) is 80.6 Å². The van der Waals surface area contributed by atoms with E-state index in [-0.39, 0.29) is 0 Å². The Morgan fingerprint density at radius 2 is 0.538 bits per heavy atom. The molecule has 0 aromatic carbocycles. The van der Waals surface area contributed by atoms with Crippen LogP contribution in [0.2, 0.25) is 0 Å². The average Bonchev–Trinajstić information content (AvgIpc) is 1.53. The quantitative estimate of drug-likeness (QED) is 0.0770. The summed E-state index contributed by atoms with van der Waals surface area (Å²) in [6.45, 7) is 21.9. The van der Waals surface area contributed by atoms with E-state index in [0.717, 1.165) is 184 Å². The van der Waals surface area contributed by atoms with Gasteiger partial charge in [-0.05, 0) is 340 Å². The lowest BCUT2D eigenvalue weighted by Crippen LogP contribution is -2.49. The summed E-state index contributed by atoms with van der Waals surface area (Å²) in [7, 11) is 4.25. The molecule has 36 heteroatoms. The normalized spacial score (nSPS) is 26.7. The molecule has 0 radical (unpaired) electrons. The first kappa shape index (κ1) is 94.9. The van der Waals surface area contributed by atoms with E-state index in [1.807, 2.05) is 112 Å². The van der Waals surface area contributed by atoms with Crippen molar-refractivity contribution in [2.75, 3.05) is 122 Å². The molecular weight excluding hydrogens is 2190 g/mol. The number of nitrogens with two attached hydrogens (primary N) is 4. The van der Waals surface area contributed by atoms with Crippen LogP contribution in [-0.4, -0.2) is 215 Å². The first-order chi connectivity index (χ1) is 63.9. The number of halogens is 6.